The fraction of sp³-hybridized carbons (Fsp3) is 0.429. The van der Waals surface area contributed by atoms with Crippen molar-refractivity contribution in [2.45, 2.75) is 32.1 Å². The van der Waals surface area contributed by atoms with Crippen molar-refractivity contribution in [2.75, 3.05) is 11.9 Å². The third-order valence-electron chi connectivity index (χ3n) is 3.23. The lowest BCUT2D eigenvalue weighted by molar-refractivity contribution is 0.375. The van der Waals surface area contributed by atoms with Crippen LogP contribution >= 0.6 is 0 Å². The molecule has 1 aromatic carbocycles. The Hall–Kier alpha value is -1.84. The monoisotopic (exact) mass is 243 g/mol. The number of hydrogen-bond acceptors (Lipinski definition) is 4. The van der Waals surface area contributed by atoms with Gasteiger partial charge in [0.05, 0.1) is 0 Å². The number of para-hydroxylation sites is 1. The summed E-state index contributed by atoms with van der Waals surface area (Å²) in [5.74, 6) is 2.19. The highest BCUT2D eigenvalue weighted by molar-refractivity contribution is 5.50. The van der Waals surface area contributed by atoms with E-state index in [4.69, 9.17) is 4.52 Å². The van der Waals surface area contributed by atoms with Gasteiger partial charge < -0.3 is 9.84 Å². The molecule has 94 valence electrons. The van der Waals surface area contributed by atoms with Gasteiger partial charge in [-0.1, -0.05) is 23.4 Å². The van der Waals surface area contributed by atoms with Crippen LogP contribution < -0.4 is 5.32 Å². The minimum absolute atomic E-state index is 0.562. The lowest BCUT2D eigenvalue weighted by Crippen LogP contribution is -2.06. The van der Waals surface area contributed by atoms with E-state index >= 15 is 0 Å². The first-order chi connectivity index (χ1) is 8.83. The fourth-order valence-electron chi connectivity index (χ4n) is 1.95. The van der Waals surface area contributed by atoms with E-state index in [1.165, 1.54) is 24.1 Å². The third-order valence-corrected chi connectivity index (χ3v) is 3.23. The van der Waals surface area contributed by atoms with Crippen molar-refractivity contribution < 1.29 is 4.52 Å². The second-order valence-electron chi connectivity index (χ2n) is 4.81. The molecule has 4 heteroatoms. The van der Waals surface area contributed by atoms with Gasteiger partial charge in [0.1, 0.15) is 0 Å². The smallest absolute Gasteiger partial charge is 0.228 e. The zero-order valence-electron chi connectivity index (χ0n) is 10.5. The highest BCUT2D eigenvalue weighted by Crippen LogP contribution is 2.38. The summed E-state index contributed by atoms with van der Waals surface area (Å²) in [6.07, 6.45) is 3.19. The molecule has 1 fully saturated rings. The minimum Gasteiger partial charge on any atom is -0.384 e. The van der Waals surface area contributed by atoms with Crippen LogP contribution in [-0.2, 0) is 6.42 Å². The second-order valence-corrected chi connectivity index (χ2v) is 4.81. The van der Waals surface area contributed by atoms with Crippen LogP contribution in [0.1, 0.15) is 36.0 Å². The zero-order valence-corrected chi connectivity index (χ0v) is 10.5. The lowest BCUT2D eigenvalue weighted by atomic mass is 10.2. The molecule has 0 aliphatic heterocycles. The van der Waals surface area contributed by atoms with Gasteiger partial charge in [-0.15, -0.1) is 0 Å². The molecule has 4 nitrogen and oxygen atoms in total. The van der Waals surface area contributed by atoms with Crippen molar-refractivity contribution in [3.63, 3.8) is 0 Å². The maximum Gasteiger partial charge on any atom is 0.228 e. The molecule has 1 heterocycles. The summed E-state index contributed by atoms with van der Waals surface area (Å²) < 4.78 is 5.23. The molecule has 0 unspecified atom stereocenters. The van der Waals surface area contributed by atoms with Gasteiger partial charge in [0, 0.05) is 24.6 Å². The predicted molar refractivity (Wildman–Crippen MR) is 69.6 cm³/mol. The number of hydrogen-bond donors (Lipinski definition) is 1. The van der Waals surface area contributed by atoms with Gasteiger partial charge in [0.25, 0.3) is 0 Å². The van der Waals surface area contributed by atoms with Gasteiger partial charge in [-0.05, 0) is 31.4 Å². The Kier molecular flexibility index (Phi) is 3.00. The average Bonchev–Trinajstić information content (AvgIpc) is 3.12. The van der Waals surface area contributed by atoms with Gasteiger partial charge in [0.15, 0.2) is 5.82 Å². The van der Waals surface area contributed by atoms with Crippen molar-refractivity contribution in [1.82, 2.24) is 10.1 Å². The maximum absolute atomic E-state index is 5.23. The molecule has 0 bridgehead atoms. The van der Waals surface area contributed by atoms with Crippen LogP contribution in [0.5, 0.6) is 0 Å². The van der Waals surface area contributed by atoms with Crippen LogP contribution in [0.4, 0.5) is 5.69 Å². The lowest BCUT2D eigenvalue weighted by Gasteiger charge is -2.07. The summed E-state index contributed by atoms with van der Waals surface area (Å²) in [5, 5.41) is 7.40. The van der Waals surface area contributed by atoms with Crippen LogP contribution in [-0.4, -0.2) is 16.7 Å². The number of aromatic nitrogens is 2. The van der Waals surface area contributed by atoms with Crippen LogP contribution in [0, 0.1) is 6.92 Å². The van der Waals surface area contributed by atoms with E-state index in [1.54, 1.807) is 0 Å². The second kappa shape index (κ2) is 4.80. The third kappa shape index (κ3) is 2.53. The van der Waals surface area contributed by atoms with E-state index in [1.807, 2.05) is 12.1 Å². The molecule has 0 spiro atoms. The highest BCUT2D eigenvalue weighted by Gasteiger charge is 2.28. The van der Waals surface area contributed by atoms with Crippen LogP contribution in [0.2, 0.25) is 0 Å². The molecule has 1 saturated carbocycles. The first kappa shape index (κ1) is 11.3. The summed E-state index contributed by atoms with van der Waals surface area (Å²) >= 11 is 0. The minimum atomic E-state index is 0.562. The van der Waals surface area contributed by atoms with Gasteiger partial charge in [0.2, 0.25) is 5.89 Å². The van der Waals surface area contributed by atoms with Crippen molar-refractivity contribution in [3.05, 3.63) is 41.5 Å². The van der Waals surface area contributed by atoms with E-state index in [-0.39, 0.29) is 0 Å². The highest BCUT2D eigenvalue weighted by atomic mass is 16.5. The number of benzene rings is 1. The summed E-state index contributed by atoms with van der Waals surface area (Å²) in [4.78, 5) is 4.41. The van der Waals surface area contributed by atoms with Crippen molar-refractivity contribution >= 4 is 5.69 Å². The van der Waals surface area contributed by atoms with E-state index < -0.39 is 0 Å². The molecule has 1 aliphatic rings. The number of rotatable bonds is 5. The summed E-state index contributed by atoms with van der Waals surface area (Å²) in [6.45, 7) is 2.91. The first-order valence-electron chi connectivity index (χ1n) is 6.45. The number of aryl methyl sites for hydroxylation is 1. The molecule has 0 saturated heterocycles. The summed E-state index contributed by atoms with van der Waals surface area (Å²) in [7, 11) is 0. The fourth-order valence-corrected chi connectivity index (χ4v) is 1.95. The van der Waals surface area contributed by atoms with E-state index in [0.29, 0.717) is 5.92 Å². The molecule has 0 radical (unpaired) electrons. The normalized spacial score (nSPS) is 14.7. The number of nitrogens with one attached hydrogen (secondary N) is 1. The predicted octanol–water partition coefficient (Wildman–Crippen LogP) is 2.91. The van der Waals surface area contributed by atoms with Crippen molar-refractivity contribution in [3.8, 4) is 0 Å². The Morgan fingerprint density at radius 3 is 2.94 bits per heavy atom. The van der Waals surface area contributed by atoms with Crippen LogP contribution in [0.25, 0.3) is 0 Å². The molecule has 18 heavy (non-hydrogen) atoms. The summed E-state index contributed by atoms with van der Waals surface area (Å²) in [5.41, 5.74) is 2.42. The van der Waals surface area contributed by atoms with E-state index in [0.717, 1.165) is 24.7 Å². The number of anilines is 1. The average molecular weight is 243 g/mol. The largest absolute Gasteiger partial charge is 0.384 e. The Morgan fingerprint density at radius 1 is 1.33 bits per heavy atom. The molecule has 1 N–H and O–H groups in total. The van der Waals surface area contributed by atoms with Gasteiger partial charge in [-0.25, -0.2) is 0 Å². The Balaban J connectivity index is 1.53. The van der Waals surface area contributed by atoms with E-state index in [2.05, 4.69) is 34.5 Å². The molecular formula is C14H17N3O. The zero-order chi connectivity index (χ0) is 12.4. The molecular weight excluding hydrogens is 226 g/mol. The van der Waals surface area contributed by atoms with Crippen LogP contribution in [0.3, 0.4) is 0 Å². The van der Waals surface area contributed by atoms with Gasteiger partial charge >= 0.3 is 0 Å². The van der Waals surface area contributed by atoms with Gasteiger partial charge in [-0.3, -0.25) is 0 Å². The Labute approximate surface area is 106 Å². The molecule has 0 amide bonds. The molecule has 1 aromatic heterocycles. The topological polar surface area (TPSA) is 51.0 Å². The molecule has 0 atom stereocenters. The van der Waals surface area contributed by atoms with Crippen molar-refractivity contribution in [2.24, 2.45) is 0 Å². The quantitative estimate of drug-likeness (QED) is 0.877. The molecule has 2 aromatic rings. The SMILES string of the molecule is Cc1ccccc1NCCc1nc(C2CC2)no1. The van der Waals surface area contributed by atoms with Crippen LogP contribution in [0.15, 0.2) is 28.8 Å². The van der Waals surface area contributed by atoms with Gasteiger partial charge in [-0.2, -0.15) is 4.98 Å². The maximum atomic E-state index is 5.23. The Morgan fingerprint density at radius 2 is 2.17 bits per heavy atom. The standard InChI is InChI=1S/C14H17N3O/c1-10-4-2-3-5-12(10)15-9-8-13-16-14(17-18-13)11-6-7-11/h2-5,11,15H,6-9H2,1H3. The molecule has 1 aliphatic carbocycles. The number of nitrogens with zero attached hydrogens (tertiary/aromatic N) is 2. The van der Waals surface area contributed by atoms with E-state index in [9.17, 15) is 0 Å². The first-order valence-corrected chi connectivity index (χ1v) is 6.45. The molecule has 3 rings (SSSR count). The Bertz CT molecular complexity index is 531. The summed E-state index contributed by atoms with van der Waals surface area (Å²) in [6, 6.07) is 8.26. The van der Waals surface area contributed by atoms with Crippen molar-refractivity contribution in [1.29, 1.82) is 0 Å².